The van der Waals surface area contributed by atoms with Gasteiger partial charge in [-0.05, 0) is 95.6 Å². The Morgan fingerprint density at radius 1 is 1.00 bits per heavy atom. The second kappa shape index (κ2) is 10.4. The lowest BCUT2D eigenvalue weighted by atomic mass is 9.97. The van der Waals surface area contributed by atoms with E-state index < -0.39 is 5.60 Å². The zero-order valence-corrected chi connectivity index (χ0v) is 20.4. The first-order chi connectivity index (χ1) is 15.4. The number of likely N-dealkylation sites (tertiary alicyclic amines) is 1. The molecule has 0 spiro atoms. The van der Waals surface area contributed by atoms with Gasteiger partial charge in [-0.1, -0.05) is 6.07 Å². The van der Waals surface area contributed by atoms with E-state index in [0.29, 0.717) is 6.04 Å². The van der Waals surface area contributed by atoms with Crippen LogP contribution < -0.4 is 10.2 Å². The van der Waals surface area contributed by atoms with Crippen LogP contribution in [0.5, 0.6) is 0 Å². The van der Waals surface area contributed by atoms with E-state index in [0.717, 1.165) is 39.0 Å². The molecule has 4 aliphatic heterocycles. The van der Waals surface area contributed by atoms with Crippen LogP contribution in [-0.2, 0) is 17.7 Å². The number of nitrogens with zero attached hydrogens (tertiary/aromatic N) is 3. The first kappa shape index (κ1) is 23.4. The van der Waals surface area contributed by atoms with Crippen molar-refractivity contribution < 1.29 is 9.53 Å². The number of nitrogens with one attached hydrogen (secondary N) is 1. The Hall–Kier alpha value is -1.79. The number of anilines is 1. The van der Waals surface area contributed by atoms with E-state index in [1.165, 1.54) is 68.7 Å². The van der Waals surface area contributed by atoms with Crippen molar-refractivity contribution in [3.05, 3.63) is 29.3 Å². The van der Waals surface area contributed by atoms with Crippen LogP contribution in [0.25, 0.3) is 0 Å². The van der Waals surface area contributed by atoms with Crippen molar-refractivity contribution in [2.75, 3.05) is 50.7 Å². The molecule has 1 amide bonds. The fraction of sp³-hybridized carbons (Fsp3) is 0.731. The molecule has 0 radical (unpaired) electrons. The number of benzene rings is 1. The molecule has 0 saturated carbocycles. The molecule has 1 atom stereocenters. The van der Waals surface area contributed by atoms with Gasteiger partial charge in [0, 0.05) is 51.0 Å². The summed E-state index contributed by atoms with van der Waals surface area (Å²) in [6, 6.07) is 7.49. The minimum absolute atomic E-state index is 0.169. The lowest BCUT2D eigenvalue weighted by Crippen LogP contribution is -2.42. The van der Waals surface area contributed by atoms with Gasteiger partial charge in [0.1, 0.15) is 5.60 Å². The number of fused-ring (bicyclic) bond motifs is 1. The Labute approximate surface area is 194 Å². The number of hydrogen-bond acceptors (Lipinski definition) is 5. The number of amides is 1. The largest absolute Gasteiger partial charge is 0.444 e. The molecule has 0 aliphatic carbocycles. The summed E-state index contributed by atoms with van der Waals surface area (Å²) in [7, 11) is 0. The summed E-state index contributed by atoms with van der Waals surface area (Å²) in [4.78, 5) is 19.3. The molecule has 3 saturated heterocycles. The van der Waals surface area contributed by atoms with E-state index in [4.69, 9.17) is 4.74 Å². The lowest BCUT2D eigenvalue weighted by Gasteiger charge is -2.34. The van der Waals surface area contributed by atoms with Crippen molar-refractivity contribution in [1.82, 2.24) is 15.1 Å². The molecule has 4 aliphatic rings. The summed E-state index contributed by atoms with van der Waals surface area (Å²) in [5, 5.41) is 3.22. The molecular formula is C26H42N4O2. The fourth-order valence-electron chi connectivity index (χ4n) is 5.20. The third-order valence-corrected chi connectivity index (χ3v) is 6.99. The molecule has 6 heteroatoms. The molecule has 1 aromatic carbocycles. The smallest absolute Gasteiger partial charge is 0.410 e. The number of ether oxygens (including phenoxy) is 1. The molecule has 5 rings (SSSR count). The van der Waals surface area contributed by atoms with E-state index >= 15 is 0 Å². The predicted molar refractivity (Wildman–Crippen MR) is 130 cm³/mol. The minimum atomic E-state index is -0.424. The van der Waals surface area contributed by atoms with Crippen LogP contribution in [0.3, 0.4) is 0 Å². The minimum Gasteiger partial charge on any atom is -0.444 e. The molecule has 0 aromatic heterocycles. The number of carbonyl (C=O) groups is 1. The second-order valence-corrected chi connectivity index (χ2v) is 10.7. The maximum Gasteiger partial charge on any atom is 0.410 e. The van der Waals surface area contributed by atoms with Crippen LogP contribution in [0.4, 0.5) is 10.5 Å². The number of carbonyl (C=O) groups excluding carboxylic acids is 1. The van der Waals surface area contributed by atoms with Gasteiger partial charge in [-0.15, -0.1) is 0 Å². The summed E-state index contributed by atoms with van der Waals surface area (Å²) < 4.78 is 5.54. The predicted octanol–water partition coefficient (Wildman–Crippen LogP) is 4.02. The van der Waals surface area contributed by atoms with Gasteiger partial charge in [0.05, 0.1) is 0 Å². The third kappa shape index (κ3) is 6.16. The van der Waals surface area contributed by atoms with E-state index in [-0.39, 0.29) is 6.09 Å². The van der Waals surface area contributed by atoms with Crippen LogP contribution >= 0.6 is 0 Å². The summed E-state index contributed by atoms with van der Waals surface area (Å²) >= 11 is 0. The average molecular weight is 443 g/mol. The van der Waals surface area contributed by atoms with Crippen molar-refractivity contribution in [3.63, 3.8) is 0 Å². The number of rotatable bonds is 2. The van der Waals surface area contributed by atoms with Gasteiger partial charge >= 0.3 is 6.09 Å². The Kier molecular flexibility index (Phi) is 7.62. The van der Waals surface area contributed by atoms with Crippen LogP contribution in [0, 0.1) is 0 Å². The fourth-order valence-corrected chi connectivity index (χ4v) is 5.20. The molecule has 3 fully saturated rings. The van der Waals surface area contributed by atoms with Crippen LogP contribution in [-0.4, -0.2) is 73.3 Å². The zero-order chi connectivity index (χ0) is 22.6. The van der Waals surface area contributed by atoms with Gasteiger partial charge < -0.3 is 19.9 Å². The van der Waals surface area contributed by atoms with E-state index in [1.54, 1.807) is 0 Å². The van der Waals surface area contributed by atoms with Crippen molar-refractivity contribution in [2.24, 2.45) is 0 Å². The summed E-state index contributed by atoms with van der Waals surface area (Å²) in [6.45, 7) is 14.4. The topological polar surface area (TPSA) is 48.1 Å². The summed E-state index contributed by atoms with van der Waals surface area (Å²) in [5.41, 5.74) is 3.95. The maximum absolute atomic E-state index is 12.3. The Balaban J connectivity index is 0.000000433. The standard InChI is InChI=1S/C22H33N3O2.C4H9N/c1-22(2,3)27-21(26)25-13-9-20(16-25)24-12-8-17-14-19(7-6-18(17)15-24)23-10-4-5-11-23;1-2-4-5-3-1/h6-7,14,20H,4-5,8-13,15-16H2,1-3H3;5H,1-4H2. The van der Waals surface area contributed by atoms with Crippen LogP contribution in [0.1, 0.15) is 64.0 Å². The monoisotopic (exact) mass is 442 g/mol. The second-order valence-electron chi connectivity index (χ2n) is 10.7. The lowest BCUT2D eigenvalue weighted by molar-refractivity contribution is 0.0278. The highest BCUT2D eigenvalue weighted by atomic mass is 16.6. The van der Waals surface area contributed by atoms with Gasteiger partial charge in [0.25, 0.3) is 0 Å². The molecule has 4 heterocycles. The highest BCUT2D eigenvalue weighted by Crippen LogP contribution is 2.29. The van der Waals surface area contributed by atoms with Gasteiger partial charge in [-0.3, -0.25) is 4.90 Å². The molecule has 6 nitrogen and oxygen atoms in total. The Morgan fingerprint density at radius 3 is 2.41 bits per heavy atom. The van der Waals surface area contributed by atoms with Crippen molar-refractivity contribution in [3.8, 4) is 0 Å². The van der Waals surface area contributed by atoms with Crippen LogP contribution in [0.2, 0.25) is 0 Å². The zero-order valence-electron chi connectivity index (χ0n) is 20.4. The molecule has 1 N–H and O–H groups in total. The molecular weight excluding hydrogens is 400 g/mol. The summed E-state index contributed by atoms with van der Waals surface area (Å²) in [5.74, 6) is 0. The molecule has 1 unspecified atom stereocenters. The van der Waals surface area contributed by atoms with Gasteiger partial charge in [0.2, 0.25) is 0 Å². The third-order valence-electron chi connectivity index (χ3n) is 6.99. The Bertz CT molecular complexity index is 758. The van der Waals surface area contributed by atoms with Gasteiger partial charge in [0.15, 0.2) is 0 Å². The number of hydrogen-bond donors (Lipinski definition) is 1. The van der Waals surface area contributed by atoms with Crippen molar-refractivity contribution in [1.29, 1.82) is 0 Å². The Morgan fingerprint density at radius 2 is 1.75 bits per heavy atom. The first-order valence-electron chi connectivity index (χ1n) is 12.7. The molecule has 178 valence electrons. The van der Waals surface area contributed by atoms with E-state index in [2.05, 4.69) is 33.3 Å². The van der Waals surface area contributed by atoms with Gasteiger partial charge in [-0.25, -0.2) is 4.79 Å². The maximum atomic E-state index is 12.3. The molecule has 1 aromatic rings. The van der Waals surface area contributed by atoms with E-state index in [1.807, 2.05) is 25.7 Å². The molecule has 0 bridgehead atoms. The first-order valence-corrected chi connectivity index (χ1v) is 12.7. The SMILES string of the molecule is C1CCNC1.CC(C)(C)OC(=O)N1CCC(N2CCc3cc(N4CCCC4)ccc3C2)C1. The van der Waals surface area contributed by atoms with Gasteiger partial charge in [-0.2, -0.15) is 0 Å². The van der Waals surface area contributed by atoms with E-state index in [9.17, 15) is 4.79 Å². The van der Waals surface area contributed by atoms with Crippen molar-refractivity contribution >= 4 is 11.8 Å². The van der Waals surface area contributed by atoms with Crippen LogP contribution in [0.15, 0.2) is 18.2 Å². The molecule has 32 heavy (non-hydrogen) atoms. The average Bonchev–Trinajstić information content (AvgIpc) is 3.55. The highest BCUT2D eigenvalue weighted by molar-refractivity contribution is 5.68. The highest BCUT2D eigenvalue weighted by Gasteiger charge is 2.34. The normalized spacial score (nSPS) is 23.7. The summed E-state index contributed by atoms with van der Waals surface area (Å²) in [6.07, 6.45) is 7.40. The van der Waals surface area contributed by atoms with Crippen molar-refractivity contribution in [2.45, 2.75) is 77.5 Å². The quantitative estimate of drug-likeness (QED) is 0.750.